The van der Waals surface area contributed by atoms with Crippen molar-refractivity contribution in [3.63, 3.8) is 0 Å². The van der Waals surface area contributed by atoms with Gasteiger partial charge in [0.15, 0.2) is 5.16 Å². The molecule has 2 aromatic rings. The van der Waals surface area contributed by atoms with E-state index in [2.05, 4.69) is 36.2 Å². The number of carbonyl (C=O) groups excluding carboxylic acids is 1. The van der Waals surface area contributed by atoms with Crippen molar-refractivity contribution in [3.8, 4) is 0 Å². The Kier molecular flexibility index (Phi) is 4.74. The van der Waals surface area contributed by atoms with Gasteiger partial charge in [0.2, 0.25) is 5.91 Å². The molecular weight excluding hydrogens is 346 g/mol. The van der Waals surface area contributed by atoms with Gasteiger partial charge in [0, 0.05) is 16.7 Å². The summed E-state index contributed by atoms with van der Waals surface area (Å²) in [6.45, 7) is 0. The van der Waals surface area contributed by atoms with Crippen LogP contribution in [-0.2, 0) is 4.79 Å². The summed E-state index contributed by atoms with van der Waals surface area (Å²) in [5.41, 5.74) is 5.09. The molecule has 104 valence electrons. The second kappa shape index (κ2) is 6.53. The highest BCUT2D eigenvalue weighted by atomic mass is 79.9. The number of nitrogens with two attached hydrogens (primary N) is 1. The number of nitrogens with zero attached hydrogens (tertiary/aromatic N) is 2. The molecule has 0 aliphatic heterocycles. The molecule has 0 unspecified atom stereocenters. The van der Waals surface area contributed by atoms with Crippen LogP contribution < -0.4 is 16.6 Å². The monoisotopic (exact) mass is 355 g/mol. The average Bonchev–Trinajstić information content (AvgIpc) is 2.38. The van der Waals surface area contributed by atoms with Gasteiger partial charge in [-0.1, -0.05) is 11.8 Å². The smallest absolute Gasteiger partial charge is 0.253 e. The van der Waals surface area contributed by atoms with Crippen LogP contribution >= 0.6 is 27.7 Å². The summed E-state index contributed by atoms with van der Waals surface area (Å²) >= 11 is 4.34. The fourth-order valence-corrected chi connectivity index (χ4v) is 2.20. The Morgan fingerprint density at radius 1 is 1.50 bits per heavy atom. The van der Waals surface area contributed by atoms with E-state index in [4.69, 9.17) is 5.73 Å². The summed E-state index contributed by atoms with van der Waals surface area (Å²) in [5, 5.41) is 2.93. The molecule has 0 saturated carbocycles. The number of aromatic nitrogens is 3. The van der Waals surface area contributed by atoms with Crippen molar-refractivity contribution >= 4 is 45.2 Å². The number of hydrogen-bond donors (Lipinski definition) is 3. The molecule has 7 nitrogen and oxygen atoms in total. The minimum absolute atomic E-state index is 0.0874. The van der Waals surface area contributed by atoms with Gasteiger partial charge < -0.3 is 16.0 Å². The molecule has 0 radical (unpaired) electrons. The molecule has 0 fully saturated rings. The highest BCUT2D eigenvalue weighted by Gasteiger charge is 2.06. The van der Waals surface area contributed by atoms with Crippen LogP contribution in [0.15, 0.2) is 38.8 Å². The number of pyridine rings is 1. The van der Waals surface area contributed by atoms with Crippen molar-refractivity contribution in [2.45, 2.75) is 5.16 Å². The van der Waals surface area contributed by atoms with Crippen LogP contribution in [0.4, 0.5) is 11.6 Å². The first-order valence-electron chi connectivity index (χ1n) is 5.44. The van der Waals surface area contributed by atoms with Crippen LogP contribution in [0, 0.1) is 0 Å². The van der Waals surface area contributed by atoms with E-state index in [0.717, 1.165) is 16.2 Å². The molecule has 0 spiro atoms. The van der Waals surface area contributed by atoms with Crippen molar-refractivity contribution < 1.29 is 4.79 Å². The van der Waals surface area contributed by atoms with Crippen molar-refractivity contribution in [1.82, 2.24) is 15.0 Å². The van der Waals surface area contributed by atoms with E-state index < -0.39 is 0 Å². The van der Waals surface area contributed by atoms with Gasteiger partial charge in [-0.25, -0.2) is 9.97 Å². The molecule has 2 rings (SSSR count). The number of hydrogen-bond acceptors (Lipinski definition) is 6. The lowest BCUT2D eigenvalue weighted by atomic mass is 10.4. The van der Waals surface area contributed by atoms with E-state index in [1.165, 1.54) is 6.07 Å². The zero-order valence-corrected chi connectivity index (χ0v) is 12.5. The molecule has 20 heavy (non-hydrogen) atoms. The Morgan fingerprint density at radius 2 is 2.30 bits per heavy atom. The normalized spacial score (nSPS) is 10.2. The lowest BCUT2D eigenvalue weighted by molar-refractivity contribution is -0.113. The summed E-state index contributed by atoms with van der Waals surface area (Å²) in [6.07, 6.45) is 1.58. The van der Waals surface area contributed by atoms with E-state index >= 15 is 0 Å². The first-order chi connectivity index (χ1) is 9.52. The van der Waals surface area contributed by atoms with Crippen molar-refractivity contribution in [2.75, 3.05) is 16.8 Å². The number of aromatic amines is 1. The Morgan fingerprint density at radius 3 is 2.95 bits per heavy atom. The molecule has 2 heterocycles. The molecule has 2 aromatic heterocycles. The Bertz CT molecular complexity index is 673. The highest BCUT2D eigenvalue weighted by molar-refractivity contribution is 9.10. The van der Waals surface area contributed by atoms with Crippen molar-refractivity contribution in [2.24, 2.45) is 0 Å². The number of halogens is 1. The zero-order valence-electron chi connectivity index (χ0n) is 10.1. The van der Waals surface area contributed by atoms with Crippen LogP contribution in [0.1, 0.15) is 0 Å². The van der Waals surface area contributed by atoms with Crippen LogP contribution in [0.25, 0.3) is 0 Å². The molecule has 0 aromatic carbocycles. The fourth-order valence-electron chi connectivity index (χ4n) is 1.28. The molecule has 0 bridgehead atoms. The SMILES string of the molecule is Nc1cc(=O)[nH]c(SCC(=O)Nc2ccc(Br)cn2)n1. The number of thioether (sulfide) groups is 1. The quantitative estimate of drug-likeness (QED) is 0.561. The van der Waals surface area contributed by atoms with Gasteiger partial charge in [-0.2, -0.15) is 0 Å². The van der Waals surface area contributed by atoms with E-state index in [1.807, 2.05) is 0 Å². The Labute approximate surface area is 126 Å². The fraction of sp³-hybridized carbons (Fsp3) is 0.0909. The Balaban J connectivity index is 1.92. The zero-order chi connectivity index (χ0) is 14.5. The maximum atomic E-state index is 11.7. The summed E-state index contributed by atoms with van der Waals surface area (Å²) in [4.78, 5) is 33.3. The molecule has 1 amide bonds. The number of amides is 1. The number of H-pyrrole nitrogens is 1. The maximum absolute atomic E-state index is 11.7. The first-order valence-corrected chi connectivity index (χ1v) is 7.22. The molecule has 0 aliphatic carbocycles. The van der Waals surface area contributed by atoms with Crippen LogP contribution in [-0.4, -0.2) is 26.6 Å². The molecule has 0 saturated heterocycles. The third-order valence-corrected chi connectivity index (χ3v) is 3.42. The second-order valence-electron chi connectivity index (χ2n) is 3.67. The third kappa shape index (κ3) is 4.35. The highest BCUT2D eigenvalue weighted by Crippen LogP contribution is 2.13. The number of nitrogen functional groups attached to an aromatic ring is 1. The predicted molar refractivity (Wildman–Crippen MR) is 80.6 cm³/mol. The lowest BCUT2D eigenvalue weighted by Gasteiger charge is -2.04. The van der Waals surface area contributed by atoms with Crippen LogP contribution in [0.3, 0.4) is 0 Å². The van der Waals surface area contributed by atoms with Gasteiger partial charge in [0.05, 0.1) is 5.75 Å². The minimum atomic E-state index is -0.352. The Hall–Kier alpha value is -1.87. The largest absolute Gasteiger partial charge is 0.383 e. The molecule has 4 N–H and O–H groups in total. The van der Waals surface area contributed by atoms with Gasteiger partial charge >= 0.3 is 0 Å². The van der Waals surface area contributed by atoms with Crippen molar-refractivity contribution in [1.29, 1.82) is 0 Å². The number of anilines is 2. The van der Waals surface area contributed by atoms with E-state index in [0.29, 0.717) is 11.0 Å². The van der Waals surface area contributed by atoms with Crippen LogP contribution in [0.5, 0.6) is 0 Å². The molecule has 0 atom stereocenters. The summed E-state index contributed by atoms with van der Waals surface area (Å²) in [7, 11) is 0. The van der Waals surface area contributed by atoms with Gasteiger partial charge in [-0.3, -0.25) is 9.59 Å². The van der Waals surface area contributed by atoms with Gasteiger partial charge in [0.25, 0.3) is 5.56 Å². The first kappa shape index (κ1) is 14.5. The number of rotatable bonds is 4. The summed E-state index contributed by atoms with van der Waals surface area (Å²) in [5.74, 6) is 0.401. The number of nitrogens with one attached hydrogen (secondary N) is 2. The standard InChI is InChI=1S/C11H10BrN5O2S/c12-6-1-2-8(14-4-6)16-10(19)5-20-11-15-7(13)3-9(18)17-11/h1-4H,5H2,(H,14,16,19)(H3,13,15,17,18). The summed E-state index contributed by atoms with van der Waals surface area (Å²) < 4.78 is 0.825. The maximum Gasteiger partial charge on any atom is 0.253 e. The van der Waals surface area contributed by atoms with Gasteiger partial charge in [-0.15, -0.1) is 0 Å². The van der Waals surface area contributed by atoms with Gasteiger partial charge in [0.1, 0.15) is 11.6 Å². The van der Waals surface area contributed by atoms with Crippen LogP contribution in [0.2, 0.25) is 0 Å². The molecule has 0 aliphatic rings. The molecular formula is C11H10BrN5O2S. The van der Waals surface area contributed by atoms with E-state index in [9.17, 15) is 9.59 Å². The third-order valence-electron chi connectivity index (χ3n) is 2.07. The topological polar surface area (TPSA) is 114 Å². The predicted octanol–water partition coefficient (Wildman–Crippen LogP) is 1.24. The number of carbonyl (C=O) groups is 1. The van der Waals surface area contributed by atoms with Crippen molar-refractivity contribution in [3.05, 3.63) is 39.2 Å². The second-order valence-corrected chi connectivity index (χ2v) is 5.55. The lowest BCUT2D eigenvalue weighted by Crippen LogP contribution is -2.16. The van der Waals surface area contributed by atoms with E-state index in [1.54, 1.807) is 18.3 Å². The van der Waals surface area contributed by atoms with Gasteiger partial charge in [-0.05, 0) is 28.1 Å². The molecule has 9 heteroatoms. The van der Waals surface area contributed by atoms with E-state index in [-0.39, 0.29) is 23.0 Å². The summed E-state index contributed by atoms with van der Waals surface area (Å²) in [6, 6.07) is 4.62. The minimum Gasteiger partial charge on any atom is -0.383 e. The average molecular weight is 356 g/mol.